The lowest BCUT2D eigenvalue weighted by atomic mass is 9.85. The van der Waals surface area contributed by atoms with E-state index in [1.807, 2.05) is 25.7 Å². The van der Waals surface area contributed by atoms with Gasteiger partial charge >= 0.3 is 0 Å². The van der Waals surface area contributed by atoms with Crippen LogP contribution >= 0.6 is 0 Å². The third-order valence-corrected chi connectivity index (χ3v) is 5.46. The summed E-state index contributed by atoms with van der Waals surface area (Å²) in [4.78, 5) is 17.3. The van der Waals surface area contributed by atoms with E-state index >= 15 is 0 Å². The molecule has 2 N–H and O–H groups in total. The Labute approximate surface area is 136 Å². The standard InChI is InChI=1S/C18H35N3O/c1-14-8-5-6-10-20(14)12-15-9-7-11-21(13-15)17(22)16(19)18(2,3)4/h14-16H,5-13,19H2,1-4H3. The first kappa shape index (κ1) is 17.7. The van der Waals surface area contributed by atoms with Gasteiger partial charge in [0.25, 0.3) is 0 Å². The number of piperidine rings is 2. The van der Waals surface area contributed by atoms with E-state index in [4.69, 9.17) is 5.73 Å². The molecule has 0 saturated carbocycles. The van der Waals surface area contributed by atoms with Crippen LogP contribution in [-0.4, -0.2) is 54.0 Å². The van der Waals surface area contributed by atoms with E-state index in [1.54, 1.807) is 0 Å². The smallest absolute Gasteiger partial charge is 0.240 e. The van der Waals surface area contributed by atoms with Crippen LogP contribution in [0, 0.1) is 11.3 Å². The highest BCUT2D eigenvalue weighted by molar-refractivity contribution is 5.82. The van der Waals surface area contributed by atoms with Crippen molar-refractivity contribution >= 4 is 5.91 Å². The van der Waals surface area contributed by atoms with Gasteiger partial charge in [-0.3, -0.25) is 4.79 Å². The third kappa shape index (κ3) is 4.45. The predicted molar refractivity (Wildman–Crippen MR) is 91.6 cm³/mol. The molecule has 3 atom stereocenters. The summed E-state index contributed by atoms with van der Waals surface area (Å²) in [6.45, 7) is 12.6. The Kier molecular flexibility index (Phi) is 5.89. The Hall–Kier alpha value is -0.610. The number of rotatable bonds is 3. The molecule has 2 heterocycles. The Balaban J connectivity index is 1.90. The van der Waals surface area contributed by atoms with Gasteiger partial charge in [0.2, 0.25) is 5.91 Å². The van der Waals surface area contributed by atoms with Crippen molar-refractivity contribution < 1.29 is 4.79 Å². The number of nitrogens with two attached hydrogens (primary N) is 1. The van der Waals surface area contributed by atoms with E-state index in [0.29, 0.717) is 12.0 Å². The Morgan fingerprint density at radius 2 is 1.91 bits per heavy atom. The molecule has 0 aliphatic carbocycles. The van der Waals surface area contributed by atoms with Crippen LogP contribution in [-0.2, 0) is 4.79 Å². The number of amides is 1. The van der Waals surface area contributed by atoms with Gasteiger partial charge in [-0.2, -0.15) is 0 Å². The molecule has 2 saturated heterocycles. The van der Waals surface area contributed by atoms with Crippen molar-refractivity contribution in [3.63, 3.8) is 0 Å². The molecule has 128 valence electrons. The molecule has 0 aromatic rings. The fourth-order valence-corrected chi connectivity index (χ4v) is 3.74. The average molecular weight is 309 g/mol. The van der Waals surface area contributed by atoms with Crippen molar-refractivity contribution in [2.24, 2.45) is 17.1 Å². The van der Waals surface area contributed by atoms with E-state index < -0.39 is 0 Å². The SMILES string of the molecule is CC1CCCCN1CC1CCCN(C(=O)C(N)C(C)(C)C)C1. The minimum Gasteiger partial charge on any atom is -0.341 e. The molecular weight excluding hydrogens is 274 g/mol. The van der Waals surface area contributed by atoms with E-state index in [0.717, 1.165) is 26.1 Å². The Morgan fingerprint density at radius 3 is 2.55 bits per heavy atom. The molecule has 4 heteroatoms. The van der Waals surface area contributed by atoms with E-state index in [-0.39, 0.29) is 17.4 Å². The molecule has 0 aromatic carbocycles. The van der Waals surface area contributed by atoms with Crippen LogP contribution in [0.3, 0.4) is 0 Å². The number of likely N-dealkylation sites (tertiary alicyclic amines) is 2. The number of carbonyl (C=O) groups is 1. The summed E-state index contributed by atoms with van der Waals surface area (Å²) < 4.78 is 0. The maximum Gasteiger partial charge on any atom is 0.240 e. The van der Waals surface area contributed by atoms with Crippen LogP contribution in [0.4, 0.5) is 0 Å². The van der Waals surface area contributed by atoms with Crippen molar-refractivity contribution in [1.29, 1.82) is 0 Å². The topological polar surface area (TPSA) is 49.6 Å². The molecule has 3 unspecified atom stereocenters. The summed E-state index contributed by atoms with van der Waals surface area (Å²) in [5.41, 5.74) is 6.01. The van der Waals surface area contributed by atoms with Gasteiger partial charge in [-0.25, -0.2) is 0 Å². The fourth-order valence-electron chi connectivity index (χ4n) is 3.74. The van der Waals surface area contributed by atoms with Crippen molar-refractivity contribution in [3.8, 4) is 0 Å². The second kappa shape index (κ2) is 7.31. The molecule has 2 rings (SSSR count). The summed E-state index contributed by atoms with van der Waals surface area (Å²) in [6, 6.07) is 0.317. The van der Waals surface area contributed by atoms with Crippen molar-refractivity contribution in [3.05, 3.63) is 0 Å². The van der Waals surface area contributed by atoms with Crippen LogP contribution in [0.2, 0.25) is 0 Å². The minimum atomic E-state index is -0.389. The number of carbonyl (C=O) groups excluding carboxylic acids is 1. The summed E-state index contributed by atoms with van der Waals surface area (Å²) in [5, 5.41) is 0. The Bertz CT molecular complexity index is 377. The summed E-state index contributed by atoms with van der Waals surface area (Å²) in [6.07, 6.45) is 6.39. The van der Waals surface area contributed by atoms with Gasteiger partial charge in [-0.15, -0.1) is 0 Å². The zero-order valence-corrected chi connectivity index (χ0v) is 15.0. The molecule has 0 radical (unpaired) electrons. The molecule has 4 nitrogen and oxygen atoms in total. The first-order valence-corrected chi connectivity index (χ1v) is 9.07. The lowest BCUT2D eigenvalue weighted by Crippen LogP contribution is -2.54. The van der Waals surface area contributed by atoms with Crippen molar-refractivity contribution in [2.75, 3.05) is 26.2 Å². The number of hydrogen-bond acceptors (Lipinski definition) is 3. The van der Waals surface area contributed by atoms with Crippen LogP contribution in [0.15, 0.2) is 0 Å². The average Bonchev–Trinajstić information content (AvgIpc) is 2.47. The lowest BCUT2D eigenvalue weighted by Gasteiger charge is -2.41. The largest absolute Gasteiger partial charge is 0.341 e. The highest BCUT2D eigenvalue weighted by Crippen LogP contribution is 2.25. The molecule has 1 amide bonds. The van der Waals surface area contributed by atoms with Gasteiger partial charge in [0.05, 0.1) is 6.04 Å². The van der Waals surface area contributed by atoms with Gasteiger partial charge in [0.15, 0.2) is 0 Å². The van der Waals surface area contributed by atoms with Gasteiger partial charge < -0.3 is 15.5 Å². The minimum absolute atomic E-state index is 0.142. The second-order valence-electron chi connectivity index (χ2n) is 8.48. The van der Waals surface area contributed by atoms with Crippen LogP contribution < -0.4 is 5.73 Å². The number of nitrogens with zero attached hydrogens (tertiary/aromatic N) is 2. The van der Waals surface area contributed by atoms with E-state index in [2.05, 4.69) is 11.8 Å². The third-order valence-electron chi connectivity index (χ3n) is 5.46. The normalized spacial score (nSPS) is 29.4. The predicted octanol–water partition coefficient (Wildman–Crippen LogP) is 2.47. The lowest BCUT2D eigenvalue weighted by molar-refractivity contribution is -0.137. The zero-order chi connectivity index (χ0) is 16.3. The maximum atomic E-state index is 12.6. The van der Waals surface area contributed by atoms with Gasteiger partial charge in [0.1, 0.15) is 0 Å². The summed E-state index contributed by atoms with van der Waals surface area (Å²) >= 11 is 0. The molecular formula is C18H35N3O. The number of hydrogen-bond donors (Lipinski definition) is 1. The molecule has 0 bridgehead atoms. The monoisotopic (exact) mass is 309 g/mol. The maximum absolute atomic E-state index is 12.6. The molecule has 2 fully saturated rings. The van der Waals surface area contributed by atoms with Crippen molar-refractivity contribution in [1.82, 2.24) is 9.80 Å². The molecule has 2 aliphatic rings. The summed E-state index contributed by atoms with van der Waals surface area (Å²) in [7, 11) is 0. The van der Waals surface area contributed by atoms with Crippen molar-refractivity contribution in [2.45, 2.75) is 71.9 Å². The molecule has 0 aromatic heterocycles. The second-order valence-corrected chi connectivity index (χ2v) is 8.48. The quantitative estimate of drug-likeness (QED) is 0.871. The van der Waals surface area contributed by atoms with Gasteiger partial charge in [-0.05, 0) is 50.5 Å². The van der Waals surface area contributed by atoms with Crippen LogP contribution in [0.1, 0.15) is 59.8 Å². The summed E-state index contributed by atoms with van der Waals surface area (Å²) in [5.74, 6) is 0.759. The van der Waals surface area contributed by atoms with Crippen LogP contribution in [0.5, 0.6) is 0 Å². The van der Waals surface area contributed by atoms with Gasteiger partial charge in [-0.1, -0.05) is 27.2 Å². The van der Waals surface area contributed by atoms with E-state index in [1.165, 1.54) is 32.2 Å². The fraction of sp³-hybridized carbons (Fsp3) is 0.944. The Morgan fingerprint density at radius 1 is 1.18 bits per heavy atom. The highest BCUT2D eigenvalue weighted by atomic mass is 16.2. The van der Waals surface area contributed by atoms with Gasteiger partial charge in [0, 0.05) is 25.7 Å². The first-order valence-electron chi connectivity index (χ1n) is 9.07. The highest BCUT2D eigenvalue weighted by Gasteiger charge is 2.34. The van der Waals surface area contributed by atoms with Crippen LogP contribution in [0.25, 0.3) is 0 Å². The zero-order valence-electron chi connectivity index (χ0n) is 15.0. The molecule has 2 aliphatic heterocycles. The van der Waals surface area contributed by atoms with E-state index in [9.17, 15) is 4.79 Å². The first-order chi connectivity index (χ1) is 10.3. The molecule has 0 spiro atoms. The molecule has 22 heavy (non-hydrogen) atoms.